The number of sulfone groups is 1. The molecule has 2 unspecified atom stereocenters. The minimum atomic E-state index is -3.33. The van der Waals surface area contributed by atoms with Crippen LogP contribution < -0.4 is 10.6 Å². The second-order valence-corrected chi connectivity index (χ2v) is 8.85. The van der Waals surface area contributed by atoms with Crippen molar-refractivity contribution in [3.8, 4) is 0 Å². The first kappa shape index (κ1) is 15.1. The molecule has 0 radical (unpaired) electrons. The molecule has 6 nitrogen and oxygen atoms in total. The molecular formula is C13H21N3O3S2. The van der Waals surface area contributed by atoms with Gasteiger partial charge in [-0.05, 0) is 36.7 Å². The Morgan fingerprint density at radius 1 is 1.38 bits per heavy atom. The molecule has 8 heteroatoms. The molecule has 3 rings (SSSR count). The Labute approximate surface area is 129 Å². The monoisotopic (exact) mass is 331 g/mol. The Hall–Kier alpha value is -0.860. The van der Waals surface area contributed by atoms with E-state index < -0.39 is 9.84 Å². The second kappa shape index (κ2) is 5.40. The van der Waals surface area contributed by atoms with Gasteiger partial charge in [0.15, 0.2) is 15.7 Å². The summed E-state index contributed by atoms with van der Waals surface area (Å²) in [4.78, 5) is 2.32. The van der Waals surface area contributed by atoms with Gasteiger partial charge in [0.2, 0.25) is 0 Å². The largest absolute Gasteiger partial charge is 0.382 e. The lowest BCUT2D eigenvalue weighted by atomic mass is 9.96. The third-order valence-electron chi connectivity index (χ3n) is 4.38. The standard InChI is InChI=1S/C13H21N3O3S2/c1-8-5-6-16(7-10(8)19-2)13-11(12(14)15-20-13)21(17,18)9-3-4-9/h8-10H,3-7H2,1-2H3,(H2,14,15). The number of nitrogens with two attached hydrogens (primary N) is 1. The van der Waals surface area contributed by atoms with E-state index >= 15 is 0 Å². The molecule has 1 saturated carbocycles. The molecule has 2 N–H and O–H groups in total. The van der Waals surface area contributed by atoms with Gasteiger partial charge in [0.1, 0.15) is 9.90 Å². The Balaban J connectivity index is 1.93. The first-order valence-corrected chi connectivity index (χ1v) is 9.54. The van der Waals surface area contributed by atoms with Crippen molar-refractivity contribution < 1.29 is 13.2 Å². The average Bonchev–Trinajstić information content (AvgIpc) is 3.23. The van der Waals surface area contributed by atoms with Crippen LogP contribution in [0.15, 0.2) is 4.90 Å². The number of ether oxygens (including phenoxy) is 1. The minimum absolute atomic E-state index is 0.110. The van der Waals surface area contributed by atoms with Crippen LogP contribution >= 0.6 is 11.5 Å². The second-order valence-electron chi connectivity index (χ2n) is 5.93. The van der Waals surface area contributed by atoms with Crippen molar-refractivity contribution in [3.63, 3.8) is 0 Å². The summed E-state index contributed by atoms with van der Waals surface area (Å²) >= 11 is 1.18. The van der Waals surface area contributed by atoms with Crippen LogP contribution in [0.2, 0.25) is 0 Å². The number of nitrogen functional groups attached to an aromatic ring is 1. The number of methoxy groups -OCH3 is 1. The van der Waals surface area contributed by atoms with Crippen molar-refractivity contribution in [2.45, 2.75) is 42.4 Å². The summed E-state index contributed by atoms with van der Waals surface area (Å²) < 4.78 is 34.8. The van der Waals surface area contributed by atoms with E-state index in [1.54, 1.807) is 7.11 Å². The topological polar surface area (TPSA) is 85.5 Å². The van der Waals surface area contributed by atoms with Gasteiger partial charge in [-0.15, -0.1) is 0 Å². The van der Waals surface area contributed by atoms with Gasteiger partial charge in [0.25, 0.3) is 0 Å². The summed E-state index contributed by atoms with van der Waals surface area (Å²) in [5.74, 6) is 0.620. The third-order valence-corrected chi connectivity index (χ3v) is 7.76. The molecule has 1 saturated heterocycles. The number of aromatic nitrogens is 1. The van der Waals surface area contributed by atoms with E-state index in [0.717, 1.165) is 25.8 Å². The molecule has 1 aromatic rings. The molecule has 2 fully saturated rings. The lowest BCUT2D eigenvalue weighted by molar-refractivity contribution is 0.0499. The zero-order valence-electron chi connectivity index (χ0n) is 12.3. The molecule has 2 heterocycles. The fourth-order valence-corrected chi connectivity index (χ4v) is 5.89. The molecule has 2 atom stereocenters. The Bertz CT molecular complexity index is 625. The normalized spacial score (nSPS) is 27.0. The van der Waals surface area contributed by atoms with Crippen molar-refractivity contribution >= 4 is 32.2 Å². The van der Waals surface area contributed by atoms with Gasteiger partial charge in [-0.2, -0.15) is 4.37 Å². The van der Waals surface area contributed by atoms with E-state index in [-0.39, 0.29) is 22.1 Å². The van der Waals surface area contributed by atoms with Crippen molar-refractivity contribution in [3.05, 3.63) is 0 Å². The van der Waals surface area contributed by atoms with Crippen LogP contribution in [0.25, 0.3) is 0 Å². The average molecular weight is 331 g/mol. The van der Waals surface area contributed by atoms with Crippen LogP contribution in [0.4, 0.5) is 10.8 Å². The van der Waals surface area contributed by atoms with E-state index in [4.69, 9.17) is 10.5 Å². The van der Waals surface area contributed by atoms with Crippen LogP contribution in [0.5, 0.6) is 0 Å². The number of nitrogens with zero attached hydrogens (tertiary/aromatic N) is 2. The van der Waals surface area contributed by atoms with E-state index in [1.165, 1.54) is 11.5 Å². The van der Waals surface area contributed by atoms with Crippen molar-refractivity contribution in [2.75, 3.05) is 30.8 Å². The zero-order valence-corrected chi connectivity index (χ0v) is 13.9. The maximum atomic E-state index is 12.6. The highest BCUT2D eigenvalue weighted by atomic mass is 32.2. The molecule has 0 aromatic carbocycles. The van der Waals surface area contributed by atoms with Gasteiger partial charge in [-0.1, -0.05) is 6.92 Å². The quantitative estimate of drug-likeness (QED) is 0.900. The molecule has 0 bridgehead atoms. The number of rotatable bonds is 4. The van der Waals surface area contributed by atoms with Gasteiger partial charge in [-0.3, -0.25) is 0 Å². The molecule has 0 spiro atoms. The summed E-state index contributed by atoms with van der Waals surface area (Å²) in [6.07, 6.45) is 2.54. The van der Waals surface area contributed by atoms with E-state index in [1.807, 2.05) is 0 Å². The number of piperidine rings is 1. The fraction of sp³-hybridized carbons (Fsp3) is 0.769. The maximum absolute atomic E-state index is 12.6. The first-order chi connectivity index (χ1) is 9.95. The van der Waals surface area contributed by atoms with Crippen molar-refractivity contribution in [1.29, 1.82) is 0 Å². The van der Waals surface area contributed by atoms with Crippen LogP contribution in [0.1, 0.15) is 26.2 Å². The summed E-state index contributed by atoms with van der Waals surface area (Å²) in [6, 6.07) is 0. The van der Waals surface area contributed by atoms with Crippen LogP contribution in [-0.4, -0.2) is 44.3 Å². The van der Waals surface area contributed by atoms with E-state index in [9.17, 15) is 8.42 Å². The summed E-state index contributed by atoms with van der Waals surface area (Å²) in [5, 5.41) is 0.422. The highest BCUT2D eigenvalue weighted by Crippen LogP contribution is 2.43. The molecule has 2 aliphatic rings. The van der Waals surface area contributed by atoms with Crippen LogP contribution in [0.3, 0.4) is 0 Å². The molecule has 1 aliphatic heterocycles. The SMILES string of the molecule is COC1CN(c2snc(N)c2S(=O)(=O)C2CC2)CCC1C. The lowest BCUT2D eigenvalue weighted by Crippen LogP contribution is -2.44. The fourth-order valence-electron chi connectivity index (χ4n) is 2.82. The van der Waals surface area contributed by atoms with Gasteiger partial charge in [-0.25, -0.2) is 8.42 Å². The first-order valence-electron chi connectivity index (χ1n) is 7.22. The highest BCUT2D eigenvalue weighted by molar-refractivity contribution is 7.92. The molecule has 118 valence electrons. The Morgan fingerprint density at radius 3 is 2.71 bits per heavy atom. The third kappa shape index (κ3) is 2.64. The number of hydrogen-bond acceptors (Lipinski definition) is 7. The Morgan fingerprint density at radius 2 is 2.10 bits per heavy atom. The lowest BCUT2D eigenvalue weighted by Gasteiger charge is -2.36. The van der Waals surface area contributed by atoms with Gasteiger partial charge in [0, 0.05) is 20.2 Å². The van der Waals surface area contributed by atoms with Crippen molar-refractivity contribution in [1.82, 2.24) is 4.37 Å². The summed E-state index contributed by atoms with van der Waals surface area (Å²) in [7, 11) is -1.63. The molecule has 21 heavy (non-hydrogen) atoms. The number of hydrogen-bond donors (Lipinski definition) is 1. The smallest absolute Gasteiger partial charge is 0.187 e. The van der Waals surface area contributed by atoms with Gasteiger partial charge >= 0.3 is 0 Å². The Kier molecular flexibility index (Phi) is 3.87. The molecule has 1 aliphatic carbocycles. The van der Waals surface area contributed by atoms with E-state index in [0.29, 0.717) is 17.5 Å². The molecule has 0 amide bonds. The summed E-state index contributed by atoms with van der Waals surface area (Å²) in [5.41, 5.74) is 5.86. The van der Waals surface area contributed by atoms with Crippen LogP contribution in [-0.2, 0) is 14.6 Å². The maximum Gasteiger partial charge on any atom is 0.187 e. The van der Waals surface area contributed by atoms with Gasteiger partial charge < -0.3 is 15.4 Å². The zero-order chi connectivity index (χ0) is 15.2. The number of anilines is 2. The van der Waals surface area contributed by atoms with Crippen LogP contribution in [0, 0.1) is 5.92 Å². The van der Waals surface area contributed by atoms with Crippen molar-refractivity contribution in [2.24, 2.45) is 5.92 Å². The molecule has 1 aromatic heterocycles. The highest BCUT2D eigenvalue weighted by Gasteiger charge is 2.42. The predicted octanol–water partition coefficient (Wildman–Crippen LogP) is 1.52. The van der Waals surface area contributed by atoms with E-state index in [2.05, 4.69) is 16.2 Å². The van der Waals surface area contributed by atoms with Gasteiger partial charge in [0.05, 0.1) is 11.4 Å². The molecular weight excluding hydrogens is 310 g/mol. The minimum Gasteiger partial charge on any atom is -0.382 e. The predicted molar refractivity (Wildman–Crippen MR) is 83.5 cm³/mol. The summed E-state index contributed by atoms with van der Waals surface area (Å²) in [6.45, 7) is 3.66.